The number of fused-ring (bicyclic) bond motifs is 3. The molecule has 0 aliphatic carbocycles. The average molecular weight is 557 g/mol. The topological polar surface area (TPSA) is 105 Å². The quantitative estimate of drug-likeness (QED) is 0.256. The van der Waals surface area contributed by atoms with Crippen LogP contribution in [0.4, 0.5) is 5.69 Å². The third-order valence-electron chi connectivity index (χ3n) is 6.71. The molecule has 3 aromatic carbocycles. The number of amides is 1. The number of carbonyl (C=O) groups excluding carboxylic acids is 2. The van der Waals surface area contributed by atoms with Gasteiger partial charge in [-0.1, -0.05) is 34.1 Å². The van der Waals surface area contributed by atoms with Crippen molar-refractivity contribution < 1.29 is 28.6 Å². The highest BCUT2D eigenvalue weighted by molar-refractivity contribution is 9.10. The van der Waals surface area contributed by atoms with Crippen molar-refractivity contribution in [3.8, 4) is 11.5 Å². The number of ether oxygens (including phenoxy) is 2. The number of aliphatic hydroxyl groups excluding tert-OH is 1. The number of Topliss-reactive ketones (excluding diaryl/α,β-unsaturated/α-hetero) is 1. The first-order valence-corrected chi connectivity index (χ1v) is 12.2. The fraction of sp³-hybridized carbons (Fsp3) is 0.0714. The number of carbonyl (C=O) groups is 2. The lowest BCUT2D eigenvalue weighted by atomic mass is 9.94. The molecule has 8 nitrogen and oxygen atoms in total. The van der Waals surface area contributed by atoms with E-state index in [-0.39, 0.29) is 18.1 Å². The Hall–Kier alpha value is -4.50. The Kier molecular flexibility index (Phi) is 4.71. The molecule has 2 N–H and O–H groups in total. The smallest absolute Gasteiger partial charge is 0.294 e. The molecule has 0 fully saturated rings. The molecule has 1 amide bonds. The number of aromatic nitrogens is 1. The minimum Gasteiger partial charge on any atom is -0.503 e. The van der Waals surface area contributed by atoms with Gasteiger partial charge in [0.1, 0.15) is 5.58 Å². The number of hydrogen-bond acceptors (Lipinski definition) is 6. The van der Waals surface area contributed by atoms with Crippen molar-refractivity contribution in [2.45, 2.75) is 6.04 Å². The largest absolute Gasteiger partial charge is 0.503 e. The third kappa shape index (κ3) is 3.27. The summed E-state index contributed by atoms with van der Waals surface area (Å²) in [5.41, 5.74) is 2.40. The van der Waals surface area contributed by atoms with Crippen LogP contribution in [-0.2, 0) is 4.79 Å². The molecule has 0 spiro atoms. The monoisotopic (exact) mass is 556 g/mol. The molecule has 7 rings (SSSR count). The normalized spacial score (nSPS) is 16.9. The second kappa shape index (κ2) is 8.01. The Morgan fingerprint density at radius 2 is 1.86 bits per heavy atom. The summed E-state index contributed by atoms with van der Waals surface area (Å²) >= 11 is 3.43. The zero-order chi connectivity index (χ0) is 25.3. The van der Waals surface area contributed by atoms with E-state index in [1.165, 1.54) is 4.90 Å². The number of halogens is 1. The van der Waals surface area contributed by atoms with Crippen molar-refractivity contribution in [1.82, 2.24) is 4.98 Å². The Labute approximate surface area is 217 Å². The molecule has 1 atom stereocenters. The summed E-state index contributed by atoms with van der Waals surface area (Å²) in [5, 5.41) is 12.7. The van der Waals surface area contributed by atoms with E-state index in [0.717, 1.165) is 20.8 Å². The molecular formula is C28H17BrN2O6. The number of rotatable bonds is 4. The van der Waals surface area contributed by atoms with Gasteiger partial charge in [0, 0.05) is 44.3 Å². The number of aromatic amines is 1. The molecule has 37 heavy (non-hydrogen) atoms. The van der Waals surface area contributed by atoms with Gasteiger partial charge in [0.25, 0.3) is 5.91 Å². The van der Waals surface area contributed by atoms with Gasteiger partial charge in [-0.05, 0) is 42.5 Å². The van der Waals surface area contributed by atoms with Crippen molar-refractivity contribution in [2.24, 2.45) is 0 Å². The predicted molar refractivity (Wildman–Crippen MR) is 139 cm³/mol. The van der Waals surface area contributed by atoms with Crippen LogP contribution in [0, 0.1) is 0 Å². The summed E-state index contributed by atoms with van der Waals surface area (Å²) in [7, 11) is 0. The van der Waals surface area contributed by atoms with Crippen LogP contribution in [0.1, 0.15) is 22.2 Å². The van der Waals surface area contributed by atoms with Gasteiger partial charge in [0.2, 0.25) is 12.6 Å². The summed E-state index contributed by atoms with van der Waals surface area (Å²) in [5.74, 6) is -0.835. The molecule has 2 aromatic heterocycles. The van der Waals surface area contributed by atoms with Crippen molar-refractivity contribution in [3.63, 3.8) is 0 Å². The molecule has 4 heterocycles. The minimum atomic E-state index is -0.920. The number of aliphatic hydroxyl groups is 1. The van der Waals surface area contributed by atoms with Gasteiger partial charge in [-0.25, -0.2) is 0 Å². The lowest BCUT2D eigenvalue weighted by Gasteiger charge is -2.26. The Bertz CT molecular complexity index is 1800. The predicted octanol–water partition coefficient (Wildman–Crippen LogP) is 6.19. The minimum absolute atomic E-state index is 0.0276. The molecule has 0 saturated heterocycles. The van der Waals surface area contributed by atoms with Crippen molar-refractivity contribution in [2.75, 3.05) is 11.7 Å². The summed E-state index contributed by atoms with van der Waals surface area (Å²) < 4.78 is 17.6. The van der Waals surface area contributed by atoms with E-state index in [4.69, 9.17) is 13.9 Å². The second-order valence-corrected chi connectivity index (χ2v) is 9.70. The number of nitrogens with one attached hydrogen (secondary N) is 1. The SMILES string of the molecule is O=C(C1=C(O)C(=O)N(c2ccc3c(c2)OCO3)C1c1c[nH]c2ccccc12)c1cc2cc(Br)ccc2o1. The van der Waals surface area contributed by atoms with Gasteiger partial charge in [-0.2, -0.15) is 0 Å². The van der Waals surface area contributed by atoms with Gasteiger partial charge in [-0.15, -0.1) is 0 Å². The van der Waals surface area contributed by atoms with Crippen LogP contribution in [0.5, 0.6) is 11.5 Å². The molecule has 182 valence electrons. The molecule has 0 saturated carbocycles. The van der Waals surface area contributed by atoms with E-state index in [2.05, 4.69) is 20.9 Å². The maximum absolute atomic E-state index is 13.9. The first kappa shape index (κ1) is 21.8. The van der Waals surface area contributed by atoms with Gasteiger partial charge >= 0.3 is 0 Å². The lowest BCUT2D eigenvalue weighted by Crippen LogP contribution is -2.30. The van der Waals surface area contributed by atoms with Crippen LogP contribution >= 0.6 is 15.9 Å². The standard InChI is InChI=1S/C28H17BrN2O6/c29-15-5-7-20-14(9-15)10-23(37-20)26(32)24-25(18-12-30-19-4-2-1-3-17(18)19)31(28(34)27(24)33)16-6-8-21-22(11-16)36-13-35-21/h1-12,25,30,33H,13H2. The van der Waals surface area contributed by atoms with Gasteiger partial charge in [0.15, 0.2) is 23.0 Å². The van der Waals surface area contributed by atoms with Crippen LogP contribution in [0.25, 0.3) is 21.9 Å². The molecule has 0 radical (unpaired) electrons. The first-order chi connectivity index (χ1) is 18.0. The van der Waals surface area contributed by atoms with Crippen LogP contribution in [0.15, 0.2) is 93.1 Å². The number of hydrogen-bond donors (Lipinski definition) is 2. The highest BCUT2D eigenvalue weighted by Gasteiger charge is 2.46. The van der Waals surface area contributed by atoms with E-state index in [1.807, 2.05) is 36.4 Å². The fourth-order valence-corrected chi connectivity index (χ4v) is 5.39. The summed E-state index contributed by atoms with van der Waals surface area (Å²) in [6.45, 7) is 0.0774. The summed E-state index contributed by atoms with van der Waals surface area (Å²) in [6, 6.07) is 18.7. The Morgan fingerprint density at radius 3 is 2.76 bits per heavy atom. The highest BCUT2D eigenvalue weighted by atomic mass is 79.9. The van der Waals surface area contributed by atoms with E-state index in [1.54, 1.807) is 36.5 Å². The lowest BCUT2D eigenvalue weighted by molar-refractivity contribution is -0.117. The van der Waals surface area contributed by atoms with E-state index in [9.17, 15) is 14.7 Å². The fourth-order valence-electron chi connectivity index (χ4n) is 5.01. The molecule has 5 aromatic rings. The van der Waals surface area contributed by atoms with E-state index in [0.29, 0.717) is 28.3 Å². The summed E-state index contributed by atoms with van der Waals surface area (Å²) in [6.07, 6.45) is 1.75. The van der Waals surface area contributed by atoms with Gasteiger partial charge in [-0.3, -0.25) is 14.5 Å². The number of furan rings is 1. The molecule has 2 aliphatic heterocycles. The number of benzene rings is 3. The number of H-pyrrole nitrogens is 1. The average Bonchev–Trinajstić information content (AvgIpc) is 3.68. The van der Waals surface area contributed by atoms with Gasteiger partial charge < -0.3 is 24.0 Å². The van der Waals surface area contributed by atoms with Crippen molar-refractivity contribution in [3.05, 3.63) is 100 Å². The molecule has 1 unspecified atom stereocenters. The van der Waals surface area contributed by atoms with E-state index >= 15 is 0 Å². The highest BCUT2D eigenvalue weighted by Crippen LogP contribution is 2.46. The Morgan fingerprint density at radius 1 is 1.03 bits per heavy atom. The molecule has 0 bridgehead atoms. The number of para-hydroxylation sites is 1. The van der Waals surface area contributed by atoms with Crippen LogP contribution < -0.4 is 14.4 Å². The van der Waals surface area contributed by atoms with E-state index < -0.39 is 23.5 Å². The molecule has 2 aliphatic rings. The first-order valence-electron chi connectivity index (χ1n) is 11.5. The number of anilines is 1. The maximum Gasteiger partial charge on any atom is 0.294 e. The number of ketones is 1. The van der Waals surface area contributed by atoms with Crippen LogP contribution in [0.3, 0.4) is 0 Å². The van der Waals surface area contributed by atoms with Crippen molar-refractivity contribution in [1.29, 1.82) is 0 Å². The van der Waals surface area contributed by atoms with Crippen molar-refractivity contribution >= 4 is 55.2 Å². The van der Waals surface area contributed by atoms with Crippen LogP contribution in [0.2, 0.25) is 0 Å². The molecular weight excluding hydrogens is 540 g/mol. The molecule has 9 heteroatoms. The summed E-state index contributed by atoms with van der Waals surface area (Å²) in [4.78, 5) is 32.1. The zero-order valence-corrected chi connectivity index (χ0v) is 20.6. The van der Waals surface area contributed by atoms with Gasteiger partial charge in [0.05, 0.1) is 11.6 Å². The van der Waals surface area contributed by atoms with Crippen LogP contribution in [-0.4, -0.2) is 28.6 Å². The third-order valence-corrected chi connectivity index (χ3v) is 7.20. The maximum atomic E-state index is 13.9. The number of nitrogens with zero attached hydrogens (tertiary/aromatic N) is 1. The Balaban J connectivity index is 1.41. The second-order valence-electron chi connectivity index (χ2n) is 8.79. The zero-order valence-electron chi connectivity index (χ0n) is 19.0.